The predicted octanol–water partition coefficient (Wildman–Crippen LogP) is 3.96. The lowest BCUT2D eigenvalue weighted by Crippen LogP contribution is -2.07. The first kappa shape index (κ1) is 14.0. The molecule has 0 bridgehead atoms. The fourth-order valence-corrected chi connectivity index (χ4v) is 1.91. The highest BCUT2D eigenvalue weighted by molar-refractivity contribution is 5.22. The lowest BCUT2D eigenvalue weighted by atomic mass is 9.94. The van der Waals surface area contributed by atoms with Gasteiger partial charge in [-0.05, 0) is 18.4 Å². The first-order valence-corrected chi connectivity index (χ1v) is 5.78. The molecule has 0 aliphatic heterocycles. The maximum Gasteiger partial charge on any atom is 0.161 e. The van der Waals surface area contributed by atoms with Crippen molar-refractivity contribution in [2.75, 3.05) is 0 Å². The summed E-state index contributed by atoms with van der Waals surface area (Å²) in [5.74, 6) is -3.06. The third kappa shape index (κ3) is 3.73. The Morgan fingerprint density at radius 2 is 1.71 bits per heavy atom. The van der Waals surface area contributed by atoms with Gasteiger partial charge < -0.3 is 5.11 Å². The van der Waals surface area contributed by atoms with E-state index in [-0.39, 0.29) is 11.5 Å². The molecule has 2 unspecified atom stereocenters. The molecule has 0 saturated heterocycles. The van der Waals surface area contributed by atoms with E-state index in [9.17, 15) is 18.3 Å². The van der Waals surface area contributed by atoms with Crippen molar-refractivity contribution in [2.45, 2.75) is 39.2 Å². The summed E-state index contributed by atoms with van der Waals surface area (Å²) in [5, 5.41) is 9.78. The molecule has 1 nitrogen and oxygen atoms in total. The standard InChI is InChI=1S/C13H17F3O/c1-3-4-8(2)5-13(17)9-6-11(15)12(16)7-10(9)14/h6-8,13,17H,3-5H2,1-2H3. The Bertz CT molecular complexity index is 379. The number of benzene rings is 1. The molecule has 1 N–H and O–H groups in total. The molecule has 0 aliphatic rings. The van der Waals surface area contributed by atoms with Gasteiger partial charge in [0.05, 0.1) is 6.10 Å². The van der Waals surface area contributed by atoms with Gasteiger partial charge in [-0.1, -0.05) is 26.7 Å². The first-order chi connectivity index (χ1) is 7.95. The summed E-state index contributed by atoms with van der Waals surface area (Å²) in [4.78, 5) is 0. The Balaban J connectivity index is 2.81. The monoisotopic (exact) mass is 246 g/mol. The molecule has 17 heavy (non-hydrogen) atoms. The highest BCUT2D eigenvalue weighted by Crippen LogP contribution is 2.27. The smallest absolute Gasteiger partial charge is 0.161 e. The zero-order valence-corrected chi connectivity index (χ0v) is 10.0. The molecule has 0 heterocycles. The maximum atomic E-state index is 13.4. The molecular weight excluding hydrogens is 229 g/mol. The van der Waals surface area contributed by atoms with Gasteiger partial charge in [0.25, 0.3) is 0 Å². The van der Waals surface area contributed by atoms with Gasteiger partial charge in [0.2, 0.25) is 0 Å². The van der Waals surface area contributed by atoms with Gasteiger partial charge >= 0.3 is 0 Å². The summed E-state index contributed by atoms with van der Waals surface area (Å²) in [6.07, 6.45) is 1.12. The number of rotatable bonds is 5. The summed E-state index contributed by atoms with van der Waals surface area (Å²) in [6.45, 7) is 3.95. The van der Waals surface area contributed by atoms with Crippen molar-refractivity contribution in [2.24, 2.45) is 5.92 Å². The molecule has 1 aromatic rings. The SMILES string of the molecule is CCCC(C)CC(O)c1cc(F)c(F)cc1F. The zero-order chi connectivity index (χ0) is 13.0. The van der Waals surface area contributed by atoms with Crippen molar-refractivity contribution in [1.29, 1.82) is 0 Å². The first-order valence-electron chi connectivity index (χ1n) is 5.78. The van der Waals surface area contributed by atoms with Crippen LogP contribution >= 0.6 is 0 Å². The van der Waals surface area contributed by atoms with Gasteiger partial charge in [0.1, 0.15) is 5.82 Å². The van der Waals surface area contributed by atoms with Gasteiger partial charge in [0.15, 0.2) is 11.6 Å². The van der Waals surface area contributed by atoms with E-state index in [0.29, 0.717) is 12.5 Å². The van der Waals surface area contributed by atoms with Crippen molar-refractivity contribution in [3.8, 4) is 0 Å². The van der Waals surface area contributed by atoms with Crippen LogP contribution in [0.2, 0.25) is 0 Å². The molecule has 1 rings (SSSR count). The average molecular weight is 246 g/mol. The normalized spacial score (nSPS) is 14.7. The van der Waals surface area contributed by atoms with Crippen LogP contribution in [-0.2, 0) is 0 Å². The number of aliphatic hydroxyl groups is 1. The zero-order valence-electron chi connectivity index (χ0n) is 10.0. The Hall–Kier alpha value is -1.03. The Morgan fingerprint density at radius 3 is 2.29 bits per heavy atom. The predicted molar refractivity (Wildman–Crippen MR) is 60.0 cm³/mol. The van der Waals surface area contributed by atoms with Crippen LogP contribution in [0.5, 0.6) is 0 Å². The van der Waals surface area contributed by atoms with Crippen molar-refractivity contribution >= 4 is 0 Å². The van der Waals surface area contributed by atoms with Crippen molar-refractivity contribution in [3.05, 3.63) is 35.1 Å². The van der Waals surface area contributed by atoms with Crippen molar-refractivity contribution < 1.29 is 18.3 Å². The number of halogens is 3. The van der Waals surface area contributed by atoms with E-state index in [2.05, 4.69) is 0 Å². The van der Waals surface area contributed by atoms with Crippen LogP contribution in [-0.4, -0.2) is 5.11 Å². The van der Waals surface area contributed by atoms with Crippen LogP contribution < -0.4 is 0 Å². The largest absolute Gasteiger partial charge is 0.388 e. The minimum Gasteiger partial charge on any atom is -0.388 e. The van der Waals surface area contributed by atoms with Crippen molar-refractivity contribution in [3.63, 3.8) is 0 Å². The Labute approximate surface area is 99.3 Å². The molecular formula is C13H17F3O. The van der Waals surface area contributed by atoms with Gasteiger partial charge in [-0.25, -0.2) is 13.2 Å². The summed E-state index contributed by atoms with van der Waals surface area (Å²) in [6, 6.07) is 1.20. The molecule has 0 aromatic heterocycles. The average Bonchev–Trinajstić information content (AvgIpc) is 2.23. The van der Waals surface area contributed by atoms with Crippen LogP contribution in [0, 0.1) is 23.4 Å². The van der Waals surface area contributed by atoms with E-state index in [1.54, 1.807) is 0 Å². The number of hydrogen-bond acceptors (Lipinski definition) is 1. The fraction of sp³-hybridized carbons (Fsp3) is 0.538. The van der Waals surface area contributed by atoms with Gasteiger partial charge in [-0.2, -0.15) is 0 Å². The number of hydrogen-bond donors (Lipinski definition) is 1. The molecule has 4 heteroatoms. The fourth-order valence-electron chi connectivity index (χ4n) is 1.91. The third-order valence-corrected chi connectivity index (χ3v) is 2.81. The minimum absolute atomic E-state index is 0.174. The van der Waals surface area contributed by atoms with Crippen LogP contribution in [0.1, 0.15) is 44.8 Å². The third-order valence-electron chi connectivity index (χ3n) is 2.81. The molecule has 96 valence electrons. The molecule has 0 fully saturated rings. The second-order valence-electron chi connectivity index (χ2n) is 4.43. The second kappa shape index (κ2) is 6.05. The molecule has 0 amide bonds. The van der Waals surface area contributed by atoms with Gasteiger partial charge in [-0.3, -0.25) is 0 Å². The maximum absolute atomic E-state index is 13.4. The summed E-state index contributed by atoms with van der Waals surface area (Å²) >= 11 is 0. The van der Waals surface area contributed by atoms with Crippen LogP contribution in [0.4, 0.5) is 13.2 Å². The van der Waals surface area contributed by atoms with E-state index >= 15 is 0 Å². The number of aliphatic hydroxyl groups excluding tert-OH is 1. The molecule has 0 saturated carbocycles. The second-order valence-corrected chi connectivity index (χ2v) is 4.43. The molecule has 0 radical (unpaired) electrons. The Morgan fingerprint density at radius 1 is 1.12 bits per heavy atom. The molecule has 1 aromatic carbocycles. The van der Waals surface area contributed by atoms with Gasteiger partial charge in [-0.15, -0.1) is 0 Å². The minimum atomic E-state index is -1.24. The lowest BCUT2D eigenvalue weighted by molar-refractivity contribution is 0.140. The Kier molecular flexibility index (Phi) is 5.00. The quantitative estimate of drug-likeness (QED) is 0.779. The van der Waals surface area contributed by atoms with E-state index < -0.39 is 23.6 Å². The summed E-state index contributed by atoms with van der Waals surface area (Å²) in [7, 11) is 0. The summed E-state index contributed by atoms with van der Waals surface area (Å²) < 4.78 is 39.0. The van der Waals surface area contributed by atoms with Crippen molar-refractivity contribution in [1.82, 2.24) is 0 Å². The van der Waals surface area contributed by atoms with E-state index in [1.807, 2.05) is 13.8 Å². The lowest BCUT2D eigenvalue weighted by Gasteiger charge is -2.16. The highest BCUT2D eigenvalue weighted by Gasteiger charge is 2.18. The van der Waals surface area contributed by atoms with E-state index in [4.69, 9.17) is 0 Å². The topological polar surface area (TPSA) is 20.2 Å². The van der Waals surface area contributed by atoms with Gasteiger partial charge in [0, 0.05) is 11.6 Å². The van der Waals surface area contributed by atoms with Crippen LogP contribution in [0.25, 0.3) is 0 Å². The van der Waals surface area contributed by atoms with Crippen LogP contribution in [0.15, 0.2) is 12.1 Å². The molecule has 0 spiro atoms. The molecule has 2 atom stereocenters. The summed E-state index contributed by atoms with van der Waals surface area (Å²) in [5.41, 5.74) is -0.174. The highest BCUT2D eigenvalue weighted by atomic mass is 19.2. The van der Waals surface area contributed by atoms with E-state index in [0.717, 1.165) is 18.9 Å². The van der Waals surface area contributed by atoms with Crippen LogP contribution in [0.3, 0.4) is 0 Å². The van der Waals surface area contributed by atoms with E-state index in [1.165, 1.54) is 0 Å². The molecule has 0 aliphatic carbocycles.